The standard InChI is InChI=1S/C50H30N4O/c1-2-12-31(13-3-1)32-14-10-15-35(28-32)53-42-20-7-4-16-36(42)39-29-33(24-26-44(39)53)34-25-27-45-40(30-34)37-17-5-8-21-43(37)54(45)50-51-41-19-11-23-47-48(41)49(52-50)38-18-6-9-22-46(38)55-47/h1-30H. The number of hydrogen-bond acceptors (Lipinski definition) is 3. The van der Waals surface area contributed by atoms with Crippen LogP contribution in [0.15, 0.2) is 182 Å². The molecule has 0 fully saturated rings. The van der Waals surface area contributed by atoms with E-state index in [1.807, 2.05) is 36.4 Å². The van der Waals surface area contributed by atoms with Crippen molar-refractivity contribution >= 4 is 54.5 Å². The lowest BCUT2D eigenvalue weighted by Crippen LogP contribution is -2.06. The van der Waals surface area contributed by atoms with E-state index in [4.69, 9.17) is 14.7 Å². The zero-order chi connectivity index (χ0) is 36.0. The van der Waals surface area contributed by atoms with Gasteiger partial charge in [0.1, 0.15) is 11.5 Å². The number of para-hydroxylation sites is 3. The van der Waals surface area contributed by atoms with Crippen molar-refractivity contribution in [3.8, 4) is 56.6 Å². The Bertz CT molecular complexity index is 3360. The Morgan fingerprint density at radius 3 is 1.75 bits per heavy atom. The average Bonchev–Trinajstić information content (AvgIpc) is 3.76. The Labute approximate surface area is 316 Å². The van der Waals surface area contributed by atoms with Crippen LogP contribution in [0.5, 0.6) is 11.5 Å². The molecule has 0 aliphatic carbocycles. The Hall–Kier alpha value is -7.50. The van der Waals surface area contributed by atoms with Crippen LogP contribution in [-0.2, 0) is 0 Å². The fourth-order valence-corrected chi connectivity index (χ4v) is 8.64. The van der Waals surface area contributed by atoms with E-state index in [1.165, 1.54) is 38.5 Å². The number of aromatic nitrogens is 4. The predicted octanol–water partition coefficient (Wildman–Crippen LogP) is 12.9. The summed E-state index contributed by atoms with van der Waals surface area (Å²) in [5.74, 6) is 2.23. The molecular weight excluding hydrogens is 673 g/mol. The molecule has 0 spiro atoms. The van der Waals surface area contributed by atoms with Crippen LogP contribution in [-0.4, -0.2) is 19.1 Å². The SMILES string of the molecule is c1ccc(-c2cccc(-n3c4ccccc4c4cc(-c5ccc6c(c5)c5ccccc5n6-c5nc6c7c(cccc7n5)Oc5ccccc5-6)ccc43)c2)cc1. The topological polar surface area (TPSA) is 44.9 Å². The molecule has 11 aromatic rings. The van der Waals surface area contributed by atoms with E-state index >= 15 is 0 Å². The van der Waals surface area contributed by atoms with Gasteiger partial charge in [-0.25, -0.2) is 9.97 Å². The van der Waals surface area contributed by atoms with E-state index in [9.17, 15) is 0 Å². The molecule has 1 aliphatic heterocycles. The summed E-state index contributed by atoms with van der Waals surface area (Å²) >= 11 is 0. The third-order valence-corrected chi connectivity index (χ3v) is 11.1. The second-order valence-electron chi connectivity index (χ2n) is 14.2. The van der Waals surface area contributed by atoms with Gasteiger partial charge in [0.2, 0.25) is 5.95 Å². The van der Waals surface area contributed by atoms with Crippen molar-refractivity contribution in [2.24, 2.45) is 0 Å². The fourth-order valence-electron chi connectivity index (χ4n) is 8.64. The largest absolute Gasteiger partial charge is 0.456 e. The van der Waals surface area contributed by atoms with Crippen LogP contribution in [0, 0.1) is 0 Å². The molecular formula is C50H30N4O. The van der Waals surface area contributed by atoms with Crippen LogP contribution in [0.1, 0.15) is 0 Å². The second-order valence-corrected chi connectivity index (χ2v) is 14.2. The Balaban J connectivity index is 1.03. The molecule has 55 heavy (non-hydrogen) atoms. The van der Waals surface area contributed by atoms with Gasteiger partial charge in [-0.2, -0.15) is 0 Å². The van der Waals surface area contributed by atoms with Crippen LogP contribution in [0.4, 0.5) is 0 Å². The summed E-state index contributed by atoms with van der Waals surface area (Å²) in [7, 11) is 0. The highest BCUT2D eigenvalue weighted by Crippen LogP contribution is 2.46. The summed E-state index contributed by atoms with van der Waals surface area (Å²) in [5, 5.41) is 5.71. The van der Waals surface area contributed by atoms with Crippen molar-refractivity contribution in [1.82, 2.24) is 19.1 Å². The zero-order valence-electron chi connectivity index (χ0n) is 29.5. The minimum absolute atomic E-state index is 0.640. The third kappa shape index (κ3) is 4.47. The molecule has 3 aromatic heterocycles. The molecule has 4 heterocycles. The monoisotopic (exact) mass is 702 g/mol. The molecule has 0 amide bonds. The number of fused-ring (bicyclic) bond motifs is 8. The van der Waals surface area contributed by atoms with Gasteiger partial charge < -0.3 is 9.30 Å². The van der Waals surface area contributed by atoms with Gasteiger partial charge in [-0.05, 0) is 95.1 Å². The highest BCUT2D eigenvalue weighted by molar-refractivity contribution is 6.13. The van der Waals surface area contributed by atoms with E-state index < -0.39 is 0 Å². The Morgan fingerprint density at radius 1 is 0.382 bits per heavy atom. The molecule has 1 aliphatic rings. The molecule has 8 aromatic carbocycles. The van der Waals surface area contributed by atoms with E-state index in [1.54, 1.807) is 0 Å². The summed E-state index contributed by atoms with van der Waals surface area (Å²) in [5.41, 5.74) is 13.1. The molecule has 12 rings (SSSR count). The van der Waals surface area contributed by atoms with E-state index in [0.29, 0.717) is 5.95 Å². The quantitative estimate of drug-likeness (QED) is 0.183. The lowest BCUT2D eigenvalue weighted by molar-refractivity contribution is 0.486. The average molecular weight is 703 g/mol. The Morgan fingerprint density at radius 2 is 0.964 bits per heavy atom. The normalized spacial score (nSPS) is 12.1. The molecule has 5 nitrogen and oxygen atoms in total. The number of hydrogen-bond donors (Lipinski definition) is 0. The van der Waals surface area contributed by atoms with Crippen molar-refractivity contribution in [1.29, 1.82) is 0 Å². The van der Waals surface area contributed by atoms with Crippen molar-refractivity contribution in [3.05, 3.63) is 182 Å². The summed E-state index contributed by atoms with van der Waals surface area (Å²) in [6.07, 6.45) is 0. The highest BCUT2D eigenvalue weighted by Gasteiger charge is 2.24. The minimum atomic E-state index is 0.640. The van der Waals surface area contributed by atoms with Gasteiger partial charge in [0.05, 0.1) is 38.7 Å². The maximum absolute atomic E-state index is 6.28. The van der Waals surface area contributed by atoms with Crippen molar-refractivity contribution in [3.63, 3.8) is 0 Å². The molecule has 0 N–H and O–H groups in total. The first-order valence-electron chi connectivity index (χ1n) is 18.6. The van der Waals surface area contributed by atoms with Crippen LogP contribution in [0.2, 0.25) is 0 Å². The molecule has 0 saturated heterocycles. The van der Waals surface area contributed by atoms with E-state index in [0.717, 1.165) is 66.7 Å². The first-order chi connectivity index (χ1) is 27.3. The van der Waals surface area contributed by atoms with Gasteiger partial charge >= 0.3 is 0 Å². The lowest BCUT2D eigenvalue weighted by atomic mass is 10.0. The number of benzene rings is 8. The summed E-state index contributed by atoms with van der Waals surface area (Å²) in [6, 6.07) is 64.5. The van der Waals surface area contributed by atoms with Gasteiger partial charge in [0, 0.05) is 32.8 Å². The first-order valence-corrected chi connectivity index (χ1v) is 18.6. The third-order valence-electron chi connectivity index (χ3n) is 11.1. The molecule has 0 bridgehead atoms. The smallest absolute Gasteiger partial charge is 0.235 e. The number of ether oxygens (including phenoxy) is 1. The predicted molar refractivity (Wildman–Crippen MR) is 225 cm³/mol. The van der Waals surface area contributed by atoms with Crippen molar-refractivity contribution < 1.29 is 4.74 Å². The van der Waals surface area contributed by atoms with Gasteiger partial charge in [-0.3, -0.25) is 4.57 Å². The minimum Gasteiger partial charge on any atom is -0.456 e. The van der Waals surface area contributed by atoms with Crippen molar-refractivity contribution in [2.45, 2.75) is 0 Å². The molecule has 0 unspecified atom stereocenters. The fraction of sp³-hybridized carbons (Fsp3) is 0. The number of nitrogens with zero attached hydrogens (tertiary/aromatic N) is 4. The summed E-state index contributed by atoms with van der Waals surface area (Å²) in [6.45, 7) is 0. The maximum atomic E-state index is 6.28. The molecule has 256 valence electrons. The summed E-state index contributed by atoms with van der Waals surface area (Å²) in [4.78, 5) is 10.4. The molecule has 0 saturated carbocycles. The van der Waals surface area contributed by atoms with Gasteiger partial charge in [-0.1, -0.05) is 109 Å². The maximum Gasteiger partial charge on any atom is 0.235 e. The summed E-state index contributed by atoms with van der Waals surface area (Å²) < 4.78 is 10.9. The first kappa shape index (κ1) is 30.0. The van der Waals surface area contributed by atoms with Crippen molar-refractivity contribution in [2.75, 3.05) is 0 Å². The highest BCUT2D eigenvalue weighted by atomic mass is 16.5. The van der Waals surface area contributed by atoms with Gasteiger partial charge in [-0.15, -0.1) is 0 Å². The van der Waals surface area contributed by atoms with Crippen LogP contribution in [0.25, 0.3) is 99.7 Å². The molecule has 5 heteroatoms. The van der Waals surface area contributed by atoms with E-state index in [-0.39, 0.29) is 0 Å². The molecule has 0 radical (unpaired) electrons. The lowest BCUT2D eigenvalue weighted by Gasteiger charge is -2.20. The van der Waals surface area contributed by atoms with Crippen LogP contribution < -0.4 is 4.74 Å². The van der Waals surface area contributed by atoms with Crippen LogP contribution >= 0.6 is 0 Å². The number of rotatable bonds is 4. The zero-order valence-corrected chi connectivity index (χ0v) is 29.5. The Kier molecular flexibility index (Phi) is 6.27. The van der Waals surface area contributed by atoms with Crippen LogP contribution in [0.3, 0.4) is 0 Å². The van der Waals surface area contributed by atoms with Gasteiger partial charge in [0.25, 0.3) is 0 Å². The second kappa shape index (κ2) is 11.5. The molecule has 0 atom stereocenters. The van der Waals surface area contributed by atoms with E-state index in [2.05, 4.69) is 155 Å². The van der Waals surface area contributed by atoms with Gasteiger partial charge in [0.15, 0.2) is 0 Å².